The van der Waals surface area contributed by atoms with Gasteiger partial charge in [0.2, 0.25) is 0 Å². The van der Waals surface area contributed by atoms with Gasteiger partial charge in [-0.1, -0.05) is 26.0 Å². The first kappa shape index (κ1) is 27.7. The molecule has 0 spiro atoms. The molecular weight excluding hydrogens is 474 g/mol. The van der Waals surface area contributed by atoms with E-state index in [1.807, 2.05) is 25.9 Å². The smallest absolute Gasteiger partial charge is 0.295 e. The minimum absolute atomic E-state index is 0.0218. The van der Waals surface area contributed by atoms with Crippen molar-refractivity contribution in [2.75, 3.05) is 40.4 Å². The van der Waals surface area contributed by atoms with Crippen LogP contribution in [0, 0.1) is 12.8 Å². The molecule has 1 unspecified atom stereocenters. The molecule has 0 aliphatic carbocycles. The number of aliphatic hydroxyl groups excluding tert-OH is 1. The standard InChI is InChI=1S/C28H35N3O6/c1-17(2)15-36-21-10-11-22(18(3)14-21)26(33)24-25(31(13-12-30(4)5)28(35)27(24)34)19-6-8-20(9-7-19)37-16-23(29)32/h6-11,14,17,25,33H,12-13,15-16H2,1-5H3,(H2,29,32)/b26-24+. The molecule has 9 nitrogen and oxygen atoms in total. The highest BCUT2D eigenvalue weighted by atomic mass is 16.5. The Morgan fingerprint density at radius 2 is 1.73 bits per heavy atom. The molecule has 3 N–H and O–H groups in total. The van der Waals surface area contributed by atoms with Gasteiger partial charge >= 0.3 is 0 Å². The van der Waals surface area contributed by atoms with E-state index in [0.29, 0.717) is 53.8 Å². The van der Waals surface area contributed by atoms with E-state index >= 15 is 0 Å². The fourth-order valence-electron chi connectivity index (χ4n) is 4.07. The van der Waals surface area contributed by atoms with E-state index in [2.05, 4.69) is 13.8 Å². The van der Waals surface area contributed by atoms with Crippen LogP contribution in [0.4, 0.5) is 0 Å². The monoisotopic (exact) mass is 509 g/mol. The van der Waals surface area contributed by atoms with Crippen molar-refractivity contribution in [3.05, 3.63) is 64.7 Å². The largest absolute Gasteiger partial charge is 0.507 e. The number of carbonyl (C=O) groups excluding carboxylic acids is 3. The predicted molar refractivity (Wildman–Crippen MR) is 140 cm³/mol. The maximum Gasteiger partial charge on any atom is 0.295 e. The van der Waals surface area contributed by atoms with Crippen molar-refractivity contribution in [2.45, 2.75) is 26.8 Å². The van der Waals surface area contributed by atoms with Gasteiger partial charge in [0, 0.05) is 18.7 Å². The molecule has 1 atom stereocenters. The number of hydrogen-bond acceptors (Lipinski definition) is 7. The van der Waals surface area contributed by atoms with Gasteiger partial charge < -0.3 is 30.1 Å². The van der Waals surface area contributed by atoms with Crippen molar-refractivity contribution in [1.29, 1.82) is 0 Å². The highest BCUT2D eigenvalue weighted by Gasteiger charge is 2.46. The Kier molecular flexibility index (Phi) is 8.94. The van der Waals surface area contributed by atoms with Crippen LogP contribution >= 0.6 is 0 Å². The average molecular weight is 510 g/mol. The van der Waals surface area contributed by atoms with Gasteiger partial charge in [0.05, 0.1) is 18.2 Å². The van der Waals surface area contributed by atoms with Crippen LogP contribution in [-0.2, 0) is 14.4 Å². The van der Waals surface area contributed by atoms with E-state index in [1.54, 1.807) is 42.5 Å². The Morgan fingerprint density at radius 1 is 1.08 bits per heavy atom. The number of likely N-dealkylation sites (N-methyl/N-ethyl adjacent to an activating group) is 1. The third-order valence-electron chi connectivity index (χ3n) is 5.94. The number of amides is 2. The Hall–Kier alpha value is -3.85. The Morgan fingerprint density at radius 3 is 2.30 bits per heavy atom. The maximum atomic E-state index is 13.2. The molecule has 3 rings (SSSR count). The summed E-state index contributed by atoms with van der Waals surface area (Å²) in [6.07, 6.45) is 0. The van der Waals surface area contributed by atoms with E-state index in [9.17, 15) is 19.5 Å². The molecule has 198 valence electrons. The number of aryl methyl sites for hydroxylation is 1. The molecule has 1 fully saturated rings. The van der Waals surface area contributed by atoms with Crippen molar-refractivity contribution < 1.29 is 29.0 Å². The average Bonchev–Trinajstić information content (AvgIpc) is 3.09. The molecule has 1 saturated heterocycles. The van der Waals surface area contributed by atoms with Crippen LogP contribution in [-0.4, -0.2) is 72.9 Å². The first-order valence-electron chi connectivity index (χ1n) is 12.2. The van der Waals surface area contributed by atoms with E-state index in [4.69, 9.17) is 15.2 Å². The number of primary amides is 1. The van der Waals surface area contributed by atoms with E-state index in [-0.39, 0.29) is 17.9 Å². The van der Waals surface area contributed by atoms with E-state index in [1.165, 1.54) is 4.90 Å². The van der Waals surface area contributed by atoms with Gasteiger partial charge in [-0.05, 0) is 68.4 Å². The summed E-state index contributed by atoms with van der Waals surface area (Å²) in [7, 11) is 3.76. The van der Waals surface area contributed by atoms with Crippen molar-refractivity contribution in [3.8, 4) is 11.5 Å². The number of Topliss-reactive ketones (excluding diaryl/α,β-unsaturated/α-hetero) is 1. The number of likely N-dealkylation sites (tertiary alicyclic amines) is 1. The summed E-state index contributed by atoms with van der Waals surface area (Å²) < 4.78 is 11.1. The number of hydrogen-bond donors (Lipinski definition) is 2. The van der Waals surface area contributed by atoms with Crippen LogP contribution in [0.25, 0.3) is 5.76 Å². The number of carbonyl (C=O) groups is 3. The first-order chi connectivity index (χ1) is 17.5. The molecule has 0 aromatic heterocycles. The molecule has 1 aliphatic heterocycles. The Balaban J connectivity index is 2.04. The zero-order valence-corrected chi connectivity index (χ0v) is 22.0. The zero-order valence-electron chi connectivity index (χ0n) is 22.0. The zero-order chi connectivity index (χ0) is 27.3. The number of aliphatic hydroxyl groups is 1. The summed E-state index contributed by atoms with van der Waals surface area (Å²) >= 11 is 0. The summed E-state index contributed by atoms with van der Waals surface area (Å²) in [5.41, 5.74) is 6.96. The lowest BCUT2D eigenvalue weighted by Gasteiger charge is -2.26. The molecule has 2 amide bonds. The lowest BCUT2D eigenvalue weighted by molar-refractivity contribution is -0.140. The van der Waals surface area contributed by atoms with Crippen molar-refractivity contribution in [1.82, 2.24) is 9.80 Å². The fraction of sp³-hybridized carbons (Fsp3) is 0.393. The van der Waals surface area contributed by atoms with Gasteiger partial charge in [0.15, 0.2) is 6.61 Å². The summed E-state index contributed by atoms with van der Waals surface area (Å²) in [4.78, 5) is 40.7. The second-order valence-corrected chi connectivity index (χ2v) is 9.80. The summed E-state index contributed by atoms with van der Waals surface area (Å²) in [6, 6.07) is 11.1. The summed E-state index contributed by atoms with van der Waals surface area (Å²) in [5.74, 6) is -0.807. The van der Waals surface area contributed by atoms with Crippen LogP contribution in [0.2, 0.25) is 0 Å². The van der Waals surface area contributed by atoms with Gasteiger partial charge in [-0.2, -0.15) is 0 Å². The number of nitrogens with zero attached hydrogens (tertiary/aromatic N) is 2. The summed E-state index contributed by atoms with van der Waals surface area (Å²) in [6.45, 7) is 7.04. The molecule has 9 heteroatoms. The molecule has 0 bridgehead atoms. The lowest BCUT2D eigenvalue weighted by atomic mass is 9.94. The minimum Gasteiger partial charge on any atom is -0.507 e. The normalized spacial score (nSPS) is 17.1. The third kappa shape index (κ3) is 6.68. The van der Waals surface area contributed by atoms with Gasteiger partial charge in [-0.15, -0.1) is 0 Å². The van der Waals surface area contributed by atoms with Crippen LogP contribution in [0.1, 0.15) is 36.6 Å². The van der Waals surface area contributed by atoms with Crippen LogP contribution in [0.15, 0.2) is 48.0 Å². The lowest BCUT2D eigenvalue weighted by Crippen LogP contribution is -2.35. The second-order valence-electron chi connectivity index (χ2n) is 9.80. The van der Waals surface area contributed by atoms with Crippen LogP contribution in [0.5, 0.6) is 11.5 Å². The number of ether oxygens (including phenoxy) is 2. The Bertz CT molecular complexity index is 1190. The molecular formula is C28H35N3O6. The van der Waals surface area contributed by atoms with Gasteiger partial charge in [0.25, 0.3) is 17.6 Å². The third-order valence-corrected chi connectivity index (χ3v) is 5.94. The van der Waals surface area contributed by atoms with Crippen molar-refractivity contribution >= 4 is 23.4 Å². The maximum absolute atomic E-state index is 13.2. The molecule has 2 aromatic carbocycles. The van der Waals surface area contributed by atoms with Gasteiger partial charge in [-0.3, -0.25) is 14.4 Å². The predicted octanol–water partition coefficient (Wildman–Crippen LogP) is 2.88. The first-order valence-corrected chi connectivity index (χ1v) is 12.2. The number of benzene rings is 2. The second kappa shape index (κ2) is 11.9. The number of ketones is 1. The molecule has 1 aliphatic rings. The SMILES string of the molecule is Cc1cc(OCC(C)C)ccc1/C(O)=C1\C(=O)C(=O)N(CCN(C)C)C1c1ccc(OCC(N)=O)cc1. The number of nitrogens with two attached hydrogens (primary N) is 1. The van der Waals surface area contributed by atoms with Crippen LogP contribution in [0.3, 0.4) is 0 Å². The quantitative estimate of drug-likeness (QED) is 0.271. The summed E-state index contributed by atoms with van der Waals surface area (Å²) in [5, 5.41) is 11.4. The highest BCUT2D eigenvalue weighted by Crippen LogP contribution is 2.40. The Labute approximate surface area is 217 Å². The van der Waals surface area contributed by atoms with E-state index in [0.717, 1.165) is 0 Å². The number of rotatable bonds is 11. The molecule has 37 heavy (non-hydrogen) atoms. The topological polar surface area (TPSA) is 122 Å². The van der Waals surface area contributed by atoms with Gasteiger partial charge in [0.1, 0.15) is 17.3 Å². The minimum atomic E-state index is -0.790. The molecule has 1 heterocycles. The van der Waals surface area contributed by atoms with E-state index < -0.39 is 23.6 Å². The van der Waals surface area contributed by atoms with Crippen LogP contribution < -0.4 is 15.2 Å². The molecule has 0 saturated carbocycles. The van der Waals surface area contributed by atoms with Crippen molar-refractivity contribution in [3.63, 3.8) is 0 Å². The highest BCUT2D eigenvalue weighted by molar-refractivity contribution is 6.46. The fourth-order valence-corrected chi connectivity index (χ4v) is 4.07. The molecule has 0 radical (unpaired) electrons. The van der Waals surface area contributed by atoms with Gasteiger partial charge in [-0.25, -0.2) is 0 Å². The molecule has 2 aromatic rings. The van der Waals surface area contributed by atoms with Crippen molar-refractivity contribution in [2.24, 2.45) is 11.7 Å².